The van der Waals surface area contributed by atoms with E-state index >= 15 is 0 Å². The maximum absolute atomic E-state index is 5.08. The molecule has 1 saturated heterocycles. The molecule has 0 saturated carbocycles. The Balaban J connectivity index is 2.25. The van der Waals surface area contributed by atoms with Crippen molar-refractivity contribution in [2.75, 3.05) is 20.2 Å². The Kier molecular flexibility index (Phi) is 3.45. The molecule has 4 heteroatoms. The summed E-state index contributed by atoms with van der Waals surface area (Å²) in [5, 5.41) is 0. The molecule has 0 aliphatic carbocycles. The van der Waals surface area contributed by atoms with Gasteiger partial charge in [-0.1, -0.05) is 12.2 Å². The first kappa shape index (κ1) is 8.30. The molecule has 0 bridgehead atoms. The normalized spacial score (nSPS) is 17.9. The summed E-state index contributed by atoms with van der Waals surface area (Å²) in [4.78, 5) is 2.18. The van der Waals surface area contributed by atoms with Crippen LogP contribution in [0.3, 0.4) is 0 Å². The average Bonchev–Trinajstić information content (AvgIpc) is 2.38. The van der Waals surface area contributed by atoms with Gasteiger partial charge in [0.05, 0.1) is 19.2 Å². The van der Waals surface area contributed by atoms with E-state index in [9.17, 15) is 0 Å². The smallest absolute Gasteiger partial charge is 0.163 e. The molecular weight excluding hydrogens is 166 g/mol. The third kappa shape index (κ3) is 2.11. The Hall–Kier alpha value is 0.200. The second kappa shape index (κ2) is 4.16. The van der Waals surface area contributed by atoms with Crippen molar-refractivity contribution in [1.29, 1.82) is 0 Å². The van der Waals surface area contributed by atoms with Crippen LogP contribution in [0.25, 0.3) is 0 Å². The molecule has 1 aliphatic rings. The third-order valence-electron chi connectivity index (χ3n) is 1.52. The van der Waals surface area contributed by atoms with Crippen molar-refractivity contribution in [3.8, 4) is 0 Å². The number of hydrogen-bond donors (Lipinski definition) is 0. The maximum Gasteiger partial charge on any atom is 0.163 e. The number of likely N-dealkylation sites (tertiary alicyclic amines) is 1. The molecule has 0 atom stereocenters. The molecule has 0 N–H and O–H groups in total. The van der Waals surface area contributed by atoms with Gasteiger partial charge < -0.3 is 9.08 Å². The molecule has 0 radical (unpaired) electrons. The van der Waals surface area contributed by atoms with Gasteiger partial charge in [-0.2, -0.15) is 0 Å². The van der Waals surface area contributed by atoms with E-state index in [1.807, 2.05) is 0 Å². The molecule has 1 aliphatic heterocycles. The fourth-order valence-corrected chi connectivity index (χ4v) is 1.84. The fraction of sp³-hybridized carbons (Fsp3) is 0.833. The SMILES string of the molecule is COSC(=S)N1CCCC1. The second-order valence-electron chi connectivity index (χ2n) is 2.21. The van der Waals surface area contributed by atoms with Gasteiger partial charge in [-0.15, -0.1) is 0 Å². The minimum absolute atomic E-state index is 0.875. The monoisotopic (exact) mass is 177 g/mol. The topological polar surface area (TPSA) is 12.5 Å². The van der Waals surface area contributed by atoms with Crippen molar-refractivity contribution in [2.45, 2.75) is 12.8 Å². The van der Waals surface area contributed by atoms with Crippen LogP contribution in [0.2, 0.25) is 0 Å². The van der Waals surface area contributed by atoms with Gasteiger partial charge in [-0.3, -0.25) is 0 Å². The molecule has 0 spiro atoms. The van der Waals surface area contributed by atoms with E-state index in [2.05, 4.69) is 4.90 Å². The van der Waals surface area contributed by atoms with Crippen molar-refractivity contribution in [1.82, 2.24) is 4.90 Å². The molecular formula is C6H11NOS2. The van der Waals surface area contributed by atoms with Gasteiger partial charge in [-0.05, 0) is 12.8 Å². The molecule has 0 amide bonds. The molecule has 1 rings (SSSR count). The molecule has 1 fully saturated rings. The molecule has 0 aromatic rings. The van der Waals surface area contributed by atoms with Crippen molar-refractivity contribution >= 4 is 28.6 Å². The quantitative estimate of drug-likeness (QED) is 0.446. The van der Waals surface area contributed by atoms with E-state index in [0.717, 1.165) is 17.4 Å². The van der Waals surface area contributed by atoms with Gasteiger partial charge in [0.1, 0.15) is 0 Å². The maximum atomic E-state index is 5.08. The summed E-state index contributed by atoms with van der Waals surface area (Å²) < 4.78 is 5.72. The molecule has 0 aromatic heterocycles. The van der Waals surface area contributed by atoms with E-state index in [4.69, 9.17) is 16.4 Å². The van der Waals surface area contributed by atoms with Crippen LogP contribution in [0.4, 0.5) is 0 Å². The van der Waals surface area contributed by atoms with Crippen LogP contribution in [-0.4, -0.2) is 29.4 Å². The van der Waals surface area contributed by atoms with Crippen molar-refractivity contribution in [2.24, 2.45) is 0 Å². The lowest BCUT2D eigenvalue weighted by Gasteiger charge is -2.15. The van der Waals surface area contributed by atoms with E-state index in [1.165, 1.54) is 24.9 Å². The summed E-state index contributed by atoms with van der Waals surface area (Å²) in [6, 6.07) is 0. The Morgan fingerprint density at radius 2 is 2.10 bits per heavy atom. The lowest BCUT2D eigenvalue weighted by molar-refractivity contribution is 0.487. The van der Waals surface area contributed by atoms with Crippen LogP contribution < -0.4 is 0 Å². The van der Waals surface area contributed by atoms with Gasteiger partial charge >= 0.3 is 0 Å². The first-order valence-corrected chi connectivity index (χ1v) is 4.49. The predicted octanol–water partition coefficient (Wildman–Crippen LogP) is 1.66. The number of thiocarbonyl (C=S) groups is 1. The Labute approximate surface area is 71.1 Å². The van der Waals surface area contributed by atoms with E-state index in [1.54, 1.807) is 7.11 Å². The summed E-state index contributed by atoms with van der Waals surface area (Å²) in [6.07, 6.45) is 2.54. The van der Waals surface area contributed by atoms with Crippen molar-refractivity contribution < 1.29 is 4.18 Å². The van der Waals surface area contributed by atoms with Crippen molar-refractivity contribution in [3.05, 3.63) is 0 Å². The summed E-state index contributed by atoms with van der Waals surface area (Å²) >= 11 is 6.36. The molecule has 0 aromatic carbocycles. The first-order valence-electron chi connectivity index (χ1n) is 3.34. The standard InChI is InChI=1S/C6H11NOS2/c1-8-10-6(9)7-4-2-3-5-7/h2-5H2,1H3. The van der Waals surface area contributed by atoms with Gasteiger partial charge in [0.25, 0.3) is 0 Å². The Morgan fingerprint density at radius 3 is 2.60 bits per heavy atom. The molecule has 0 unspecified atom stereocenters. The zero-order chi connectivity index (χ0) is 7.40. The zero-order valence-corrected chi connectivity index (χ0v) is 7.63. The molecule has 2 nitrogen and oxygen atoms in total. The highest BCUT2D eigenvalue weighted by Crippen LogP contribution is 2.15. The van der Waals surface area contributed by atoms with Gasteiger partial charge in [0.2, 0.25) is 0 Å². The molecule has 58 valence electrons. The van der Waals surface area contributed by atoms with Crippen LogP contribution in [0.15, 0.2) is 0 Å². The number of nitrogens with zero attached hydrogens (tertiary/aromatic N) is 1. The molecule has 10 heavy (non-hydrogen) atoms. The van der Waals surface area contributed by atoms with Crippen LogP contribution >= 0.6 is 24.3 Å². The van der Waals surface area contributed by atoms with Crippen LogP contribution in [-0.2, 0) is 4.18 Å². The van der Waals surface area contributed by atoms with Crippen LogP contribution in [0.5, 0.6) is 0 Å². The van der Waals surface area contributed by atoms with E-state index < -0.39 is 0 Å². The minimum Gasteiger partial charge on any atom is -0.356 e. The fourth-order valence-electron chi connectivity index (χ4n) is 1.02. The van der Waals surface area contributed by atoms with Gasteiger partial charge in [0, 0.05) is 13.1 Å². The minimum atomic E-state index is 0.875. The van der Waals surface area contributed by atoms with Crippen LogP contribution in [0.1, 0.15) is 12.8 Å². The Bertz CT molecular complexity index is 123. The van der Waals surface area contributed by atoms with E-state index in [-0.39, 0.29) is 0 Å². The average molecular weight is 177 g/mol. The lowest BCUT2D eigenvalue weighted by Crippen LogP contribution is -2.23. The van der Waals surface area contributed by atoms with Crippen LogP contribution in [0, 0.1) is 0 Å². The number of hydrogen-bond acceptors (Lipinski definition) is 3. The highest BCUT2D eigenvalue weighted by molar-refractivity contribution is 8.19. The van der Waals surface area contributed by atoms with Gasteiger partial charge in [-0.25, -0.2) is 0 Å². The summed E-state index contributed by atoms with van der Waals surface area (Å²) in [6.45, 7) is 2.21. The number of rotatable bonds is 1. The summed E-state index contributed by atoms with van der Waals surface area (Å²) in [5.41, 5.74) is 0. The Morgan fingerprint density at radius 1 is 1.50 bits per heavy atom. The first-order chi connectivity index (χ1) is 4.84. The third-order valence-corrected chi connectivity index (χ3v) is 2.55. The summed E-state index contributed by atoms with van der Waals surface area (Å²) in [5.74, 6) is 0. The van der Waals surface area contributed by atoms with E-state index in [0.29, 0.717) is 0 Å². The lowest BCUT2D eigenvalue weighted by atomic mass is 10.4. The van der Waals surface area contributed by atoms with Crippen molar-refractivity contribution in [3.63, 3.8) is 0 Å². The largest absolute Gasteiger partial charge is 0.356 e. The molecule has 1 heterocycles. The highest BCUT2D eigenvalue weighted by Gasteiger charge is 2.14. The highest BCUT2D eigenvalue weighted by atomic mass is 32.2. The summed E-state index contributed by atoms with van der Waals surface area (Å²) in [7, 11) is 1.65. The second-order valence-corrected chi connectivity index (χ2v) is 3.74. The predicted molar refractivity (Wildman–Crippen MR) is 48.0 cm³/mol. The zero-order valence-electron chi connectivity index (χ0n) is 6.00. The van der Waals surface area contributed by atoms with Gasteiger partial charge in [0.15, 0.2) is 4.32 Å².